The molecule has 0 aliphatic rings. The Bertz CT molecular complexity index is 1300. The van der Waals surface area contributed by atoms with Gasteiger partial charge < -0.3 is 19.2 Å². The average Bonchev–Trinajstić information content (AvgIpc) is 3.16. The van der Waals surface area contributed by atoms with Crippen LogP contribution in [0.25, 0.3) is 11.0 Å². The number of benzene rings is 3. The molecular formula is C24H17BrClNO5. The van der Waals surface area contributed by atoms with Crippen molar-refractivity contribution in [2.24, 2.45) is 0 Å². The number of carbonyl (C=O) groups excluding carboxylic acids is 2. The van der Waals surface area contributed by atoms with Crippen molar-refractivity contribution in [3.05, 3.63) is 87.5 Å². The minimum absolute atomic E-state index is 0.0307. The van der Waals surface area contributed by atoms with E-state index in [-0.39, 0.29) is 18.2 Å². The molecule has 0 spiro atoms. The molecule has 0 radical (unpaired) electrons. The Labute approximate surface area is 197 Å². The molecule has 1 aromatic heterocycles. The van der Waals surface area contributed by atoms with E-state index in [0.717, 1.165) is 0 Å². The van der Waals surface area contributed by atoms with E-state index < -0.39 is 5.91 Å². The average molecular weight is 515 g/mol. The summed E-state index contributed by atoms with van der Waals surface area (Å²) in [6.07, 6.45) is 0. The second-order valence-corrected chi connectivity index (χ2v) is 8.06. The van der Waals surface area contributed by atoms with Gasteiger partial charge in [0.1, 0.15) is 17.1 Å². The molecule has 1 amide bonds. The van der Waals surface area contributed by atoms with Crippen molar-refractivity contribution in [3.8, 4) is 11.5 Å². The molecule has 3 aromatic carbocycles. The molecule has 0 fully saturated rings. The molecule has 1 heterocycles. The fraction of sp³-hybridized carbons (Fsp3) is 0.0833. The van der Waals surface area contributed by atoms with Gasteiger partial charge in [-0.05, 0) is 70.5 Å². The Balaban J connectivity index is 1.61. The zero-order valence-electron chi connectivity index (χ0n) is 16.9. The molecule has 0 aliphatic heterocycles. The summed E-state index contributed by atoms with van der Waals surface area (Å²) in [5, 5.41) is 3.95. The fourth-order valence-electron chi connectivity index (χ4n) is 3.12. The minimum Gasteiger partial charge on any atom is -0.496 e. The van der Waals surface area contributed by atoms with E-state index in [1.165, 1.54) is 0 Å². The summed E-state index contributed by atoms with van der Waals surface area (Å²) in [5.74, 6) is 0.318. The third-order valence-corrected chi connectivity index (χ3v) is 5.54. The van der Waals surface area contributed by atoms with Gasteiger partial charge in [-0.3, -0.25) is 9.59 Å². The van der Waals surface area contributed by atoms with Crippen LogP contribution in [0.5, 0.6) is 11.5 Å². The summed E-state index contributed by atoms with van der Waals surface area (Å²) in [6, 6.07) is 18.7. The molecule has 0 saturated carbocycles. The zero-order valence-corrected chi connectivity index (χ0v) is 19.2. The van der Waals surface area contributed by atoms with Crippen LogP contribution < -0.4 is 14.8 Å². The van der Waals surface area contributed by atoms with E-state index in [1.807, 2.05) is 0 Å². The number of ketones is 1. The monoisotopic (exact) mass is 513 g/mol. The van der Waals surface area contributed by atoms with E-state index in [0.29, 0.717) is 43.2 Å². The maximum atomic E-state index is 13.2. The molecule has 8 heteroatoms. The molecule has 0 saturated heterocycles. The highest BCUT2D eigenvalue weighted by Gasteiger charge is 2.24. The first-order valence-electron chi connectivity index (χ1n) is 9.54. The molecule has 0 unspecified atom stereocenters. The molecular weight excluding hydrogens is 498 g/mol. The van der Waals surface area contributed by atoms with Crippen molar-refractivity contribution in [3.63, 3.8) is 0 Å². The molecule has 4 aromatic rings. The molecule has 6 nitrogen and oxygen atoms in total. The van der Waals surface area contributed by atoms with Gasteiger partial charge in [-0.2, -0.15) is 0 Å². The molecule has 0 aliphatic carbocycles. The minimum atomic E-state index is -0.434. The SMILES string of the molecule is COc1ccc(C(=O)c2oc3ccccc3c2NC(=O)COc2ccc(Cl)cc2)cc1Br. The Morgan fingerprint density at radius 2 is 1.81 bits per heavy atom. The van der Waals surface area contributed by atoms with Crippen LogP contribution in [0.4, 0.5) is 5.69 Å². The number of furan rings is 1. The van der Waals surface area contributed by atoms with Gasteiger partial charge in [0.25, 0.3) is 5.91 Å². The van der Waals surface area contributed by atoms with Gasteiger partial charge in [-0.1, -0.05) is 23.7 Å². The number of ether oxygens (including phenoxy) is 2. The van der Waals surface area contributed by atoms with Crippen molar-refractivity contribution in [1.82, 2.24) is 0 Å². The first-order valence-corrected chi connectivity index (χ1v) is 10.7. The van der Waals surface area contributed by atoms with Gasteiger partial charge in [0.2, 0.25) is 5.78 Å². The number of rotatable bonds is 7. The highest BCUT2D eigenvalue weighted by Crippen LogP contribution is 2.34. The molecule has 0 bridgehead atoms. The topological polar surface area (TPSA) is 77.8 Å². The predicted molar refractivity (Wildman–Crippen MR) is 126 cm³/mol. The van der Waals surface area contributed by atoms with Crippen molar-refractivity contribution in [2.75, 3.05) is 19.0 Å². The number of halogens is 2. The van der Waals surface area contributed by atoms with Crippen molar-refractivity contribution in [1.29, 1.82) is 0 Å². The largest absolute Gasteiger partial charge is 0.496 e. The Kier molecular flexibility index (Phi) is 6.48. The van der Waals surface area contributed by atoms with Crippen LogP contribution in [-0.2, 0) is 4.79 Å². The van der Waals surface area contributed by atoms with Crippen LogP contribution in [0.15, 0.2) is 75.6 Å². The van der Waals surface area contributed by atoms with E-state index in [4.69, 9.17) is 25.5 Å². The van der Waals surface area contributed by atoms with Crippen LogP contribution >= 0.6 is 27.5 Å². The summed E-state index contributed by atoms with van der Waals surface area (Å²) in [7, 11) is 1.54. The third-order valence-electron chi connectivity index (χ3n) is 4.66. The van der Waals surface area contributed by atoms with E-state index in [2.05, 4.69) is 21.2 Å². The normalized spacial score (nSPS) is 10.7. The lowest BCUT2D eigenvalue weighted by molar-refractivity contribution is -0.118. The van der Waals surface area contributed by atoms with Crippen molar-refractivity contribution in [2.45, 2.75) is 0 Å². The lowest BCUT2D eigenvalue weighted by atomic mass is 10.1. The smallest absolute Gasteiger partial charge is 0.262 e. The first-order chi connectivity index (χ1) is 15.5. The summed E-state index contributed by atoms with van der Waals surface area (Å²) < 4.78 is 17.2. The van der Waals surface area contributed by atoms with Gasteiger partial charge in [0, 0.05) is 16.0 Å². The molecule has 4 rings (SSSR count). The van der Waals surface area contributed by atoms with Crippen LogP contribution in [0.1, 0.15) is 16.1 Å². The quantitative estimate of drug-likeness (QED) is 0.301. The number of para-hydroxylation sites is 1. The standard InChI is InChI=1S/C24H17BrClNO5/c1-30-20-11-6-14(12-18(20)25)23(29)24-22(17-4-2-3-5-19(17)32-24)27-21(28)13-31-16-9-7-15(26)8-10-16/h2-12H,13H2,1H3,(H,27,28). The van der Waals surface area contributed by atoms with Crippen LogP contribution in [0.3, 0.4) is 0 Å². The number of fused-ring (bicyclic) bond motifs is 1. The van der Waals surface area contributed by atoms with Crippen LogP contribution in [-0.4, -0.2) is 25.4 Å². The van der Waals surface area contributed by atoms with Crippen LogP contribution in [0.2, 0.25) is 5.02 Å². The summed E-state index contributed by atoms with van der Waals surface area (Å²) in [5.41, 5.74) is 1.16. The number of hydrogen-bond acceptors (Lipinski definition) is 5. The summed E-state index contributed by atoms with van der Waals surface area (Å²) >= 11 is 9.25. The summed E-state index contributed by atoms with van der Waals surface area (Å²) in [6.45, 7) is -0.247. The second-order valence-electron chi connectivity index (χ2n) is 6.77. The highest BCUT2D eigenvalue weighted by atomic mass is 79.9. The Hall–Kier alpha value is -3.29. The van der Waals surface area contributed by atoms with Crippen molar-refractivity contribution >= 4 is 55.9 Å². The number of methoxy groups -OCH3 is 1. The first kappa shape index (κ1) is 21.9. The van der Waals surface area contributed by atoms with Gasteiger partial charge in [0.15, 0.2) is 12.4 Å². The number of amides is 1. The highest BCUT2D eigenvalue weighted by molar-refractivity contribution is 9.10. The third kappa shape index (κ3) is 4.64. The van der Waals surface area contributed by atoms with Gasteiger partial charge >= 0.3 is 0 Å². The Morgan fingerprint density at radius 1 is 1.06 bits per heavy atom. The zero-order chi connectivity index (χ0) is 22.7. The number of carbonyl (C=O) groups is 2. The molecule has 1 N–H and O–H groups in total. The predicted octanol–water partition coefficient (Wildman–Crippen LogP) is 6.11. The lowest BCUT2D eigenvalue weighted by Gasteiger charge is -2.09. The summed E-state index contributed by atoms with van der Waals surface area (Å²) in [4.78, 5) is 25.8. The molecule has 162 valence electrons. The number of anilines is 1. The molecule has 0 atom stereocenters. The van der Waals surface area contributed by atoms with E-state index >= 15 is 0 Å². The number of hydrogen-bond donors (Lipinski definition) is 1. The second kappa shape index (κ2) is 9.46. The van der Waals surface area contributed by atoms with Crippen molar-refractivity contribution < 1.29 is 23.5 Å². The Morgan fingerprint density at radius 3 is 2.53 bits per heavy atom. The van der Waals surface area contributed by atoms with E-state index in [1.54, 1.807) is 73.8 Å². The van der Waals surface area contributed by atoms with Gasteiger partial charge in [-0.15, -0.1) is 0 Å². The maximum Gasteiger partial charge on any atom is 0.262 e. The van der Waals surface area contributed by atoms with E-state index in [9.17, 15) is 9.59 Å². The maximum absolute atomic E-state index is 13.2. The van der Waals surface area contributed by atoms with Gasteiger partial charge in [-0.25, -0.2) is 0 Å². The van der Waals surface area contributed by atoms with Crippen LogP contribution in [0, 0.1) is 0 Å². The van der Waals surface area contributed by atoms with Gasteiger partial charge in [0.05, 0.1) is 17.3 Å². The number of nitrogens with one attached hydrogen (secondary N) is 1. The fourth-order valence-corrected chi connectivity index (χ4v) is 3.79. The lowest BCUT2D eigenvalue weighted by Crippen LogP contribution is -2.21. The molecule has 32 heavy (non-hydrogen) atoms.